The molecule has 1 aliphatic rings. The van der Waals surface area contributed by atoms with Gasteiger partial charge in [0.25, 0.3) is 11.8 Å². The second-order valence-corrected chi connectivity index (χ2v) is 6.78. The molecule has 2 aromatic carbocycles. The van der Waals surface area contributed by atoms with Gasteiger partial charge >= 0.3 is 0 Å². The molecule has 0 atom stereocenters. The van der Waals surface area contributed by atoms with Crippen molar-refractivity contribution in [1.82, 2.24) is 4.90 Å². The third kappa shape index (κ3) is 3.65. The van der Waals surface area contributed by atoms with E-state index in [1.807, 2.05) is 24.3 Å². The molecule has 4 rings (SSSR count). The van der Waals surface area contributed by atoms with Crippen molar-refractivity contribution in [1.29, 1.82) is 0 Å². The first-order valence-corrected chi connectivity index (χ1v) is 9.19. The third-order valence-electron chi connectivity index (χ3n) is 4.85. The molecule has 0 fully saturated rings. The summed E-state index contributed by atoms with van der Waals surface area (Å²) in [5, 5.41) is 0. The number of amides is 2. The zero-order valence-corrected chi connectivity index (χ0v) is 15.0. The van der Waals surface area contributed by atoms with Crippen LogP contribution in [0, 0.1) is 0 Å². The number of hydrogen-bond acceptors (Lipinski definition) is 2. The number of fused-ring (bicyclic) bond motifs is 1. The third-order valence-corrected chi connectivity index (χ3v) is 4.85. The number of imide groups is 1. The summed E-state index contributed by atoms with van der Waals surface area (Å²) >= 11 is 0. The highest BCUT2D eigenvalue weighted by molar-refractivity contribution is 6.21. The van der Waals surface area contributed by atoms with Crippen LogP contribution in [0.1, 0.15) is 38.3 Å². The molecule has 0 spiro atoms. The van der Waals surface area contributed by atoms with E-state index in [2.05, 4.69) is 35.2 Å². The molecule has 0 bridgehead atoms. The molecule has 0 unspecified atom stereocenters. The molecule has 27 heavy (non-hydrogen) atoms. The van der Waals surface area contributed by atoms with Gasteiger partial charge in [-0.25, -0.2) is 4.57 Å². The van der Waals surface area contributed by atoms with Gasteiger partial charge in [0.05, 0.1) is 11.1 Å². The van der Waals surface area contributed by atoms with Crippen LogP contribution in [0.15, 0.2) is 79.1 Å². The summed E-state index contributed by atoms with van der Waals surface area (Å²) in [5.41, 5.74) is 3.49. The summed E-state index contributed by atoms with van der Waals surface area (Å²) in [6, 6.07) is 21.5. The zero-order chi connectivity index (χ0) is 18.6. The Morgan fingerprint density at radius 2 is 1.37 bits per heavy atom. The second-order valence-electron chi connectivity index (χ2n) is 6.78. The number of pyridine rings is 1. The van der Waals surface area contributed by atoms with E-state index < -0.39 is 0 Å². The van der Waals surface area contributed by atoms with Crippen LogP contribution in [0.4, 0.5) is 0 Å². The van der Waals surface area contributed by atoms with Crippen LogP contribution in [0.5, 0.6) is 0 Å². The van der Waals surface area contributed by atoms with Gasteiger partial charge in [0.15, 0.2) is 18.9 Å². The normalized spacial score (nSPS) is 13.1. The van der Waals surface area contributed by atoms with Crippen molar-refractivity contribution in [3.8, 4) is 0 Å². The molecule has 1 aromatic heterocycles. The van der Waals surface area contributed by atoms with Gasteiger partial charge in [-0.05, 0) is 31.0 Å². The Kier molecular flexibility index (Phi) is 4.79. The van der Waals surface area contributed by atoms with Gasteiger partial charge in [-0.3, -0.25) is 14.5 Å². The Balaban J connectivity index is 1.37. The molecule has 1 aliphatic heterocycles. The Hall–Kier alpha value is -3.27. The van der Waals surface area contributed by atoms with E-state index >= 15 is 0 Å². The lowest BCUT2D eigenvalue weighted by Crippen LogP contribution is -2.34. The van der Waals surface area contributed by atoms with Gasteiger partial charge in [-0.15, -0.1) is 0 Å². The van der Waals surface area contributed by atoms with Crippen LogP contribution in [0.2, 0.25) is 0 Å². The number of aryl methyl sites for hydroxylation is 1. The van der Waals surface area contributed by atoms with Crippen LogP contribution < -0.4 is 4.57 Å². The van der Waals surface area contributed by atoms with Crippen molar-refractivity contribution in [2.75, 3.05) is 6.54 Å². The number of carbonyl (C=O) groups excluding carboxylic acids is 2. The molecule has 2 amide bonds. The fourth-order valence-corrected chi connectivity index (χ4v) is 3.50. The van der Waals surface area contributed by atoms with Crippen molar-refractivity contribution in [2.24, 2.45) is 0 Å². The van der Waals surface area contributed by atoms with Crippen LogP contribution in [0.3, 0.4) is 0 Å². The fourth-order valence-electron chi connectivity index (χ4n) is 3.50. The maximum Gasteiger partial charge on any atom is 0.261 e. The Morgan fingerprint density at radius 3 is 2.07 bits per heavy atom. The van der Waals surface area contributed by atoms with Gasteiger partial charge in [0, 0.05) is 23.7 Å². The van der Waals surface area contributed by atoms with Crippen LogP contribution in [0.25, 0.3) is 0 Å². The number of carbonyl (C=O) groups is 2. The second kappa shape index (κ2) is 7.54. The lowest BCUT2D eigenvalue weighted by Gasteiger charge is -2.13. The van der Waals surface area contributed by atoms with Crippen molar-refractivity contribution in [3.05, 3.63) is 101 Å². The minimum Gasteiger partial charge on any atom is -0.274 e. The van der Waals surface area contributed by atoms with Crippen molar-refractivity contribution < 1.29 is 14.2 Å². The van der Waals surface area contributed by atoms with E-state index in [1.165, 1.54) is 16.0 Å². The molecule has 4 nitrogen and oxygen atoms in total. The van der Waals surface area contributed by atoms with E-state index in [-0.39, 0.29) is 11.8 Å². The average Bonchev–Trinajstić information content (AvgIpc) is 2.94. The molecular weight excluding hydrogens is 336 g/mol. The predicted molar refractivity (Wildman–Crippen MR) is 102 cm³/mol. The molecule has 2 heterocycles. The van der Waals surface area contributed by atoms with Crippen LogP contribution >= 0.6 is 0 Å². The fraction of sp³-hybridized carbons (Fsp3) is 0.174. The maximum atomic E-state index is 12.4. The highest BCUT2D eigenvalue weighted by atomic mass is 16.2. The highest BCUT2D eigenvalue weighted by Crippen LogP contribution is 2.22. The van der Waals surface area contributed by atoms with Gasteiger partial charge in [0.2, 0.25) is 0 Å². The summed E-state index contributed by atoms with van der Waals surface area (Å²) in [7, 11) is 0. The summed E-state index contributed by atoms with van der Waals surface area (Å²) < 4.78 is 2.16. The summed E-state index contributed by atoms with van der Waals surface area (Å²) in [6.07, 6.45) is 5.76. The van der Waals surface area contributed by atoms with Crippen molar-refractivity contribution >= 4 is 11.8 Å². The largest absolute Gasteiger partial charge is 0.274 e. The molecular formula is C23H21N2O2+. The smallest absolute Gasteiger partial charge is 0.261 e. The lowest BCUT2D eigenvalue weighted by atomic mass is 10.1. The monoisotopic (exact) mass is 357 g/mol. The van der Waals surface area contributed by atoms with Crippen LogP contribution in [-0.4, -0.2) is 23.3 Å². The van der Waals surface area contributed by atoms with E-state index in [0.717, 1.165) is 19.4 Å². The van der Waals surface area contributed by atoms with Gasteiger partial charge < -0.3 is 0 Å². The molecule has 0 aliphatic carbocycles. The standard InChI is InChI=1S/C23H21N2O2/c26-22-20-12-4-5-13-21(20)23(27)25(22)15-7-11-19-10-6-14-24(17-19)16-18-8-2-1-3-9-18/h1-6,8-10,12-14,17H,7,11,15-16H2/q+1. The van der Waals surface area contributed by atoms with E-state index in [1.54, 1.807) is 24.3 Å². The maximum absolute atomic E-state index is 12.4. The minimum absolute atomic E-state index is 0.178. The quantitative estimate of drug-likeness (QED) is 0.502. The molecule has 3 aromatic rings. The van der Waals surface area contributed by atoms with Gasteiger partial charge in [-0.2, -0.15) is 0 Å². The Bertz CT molecular complexity index is 947. The first-order valence-electron chi connectivity index (χ1n) is 9.19. The summed E-state index contributed by atoms with van der Waals surface area (Å²) in [6.45, 7) is 1.27. The number of benzene rings is 2. The van der Waals surface area contributed by atoms with E-state index in [4.69, 9.17) is 0 Å². The molecule has 0 saturated heterocycles. The number of nitrogens with zero attached hydrogens (tertiary/aromatic N) is 2. The number of aromatic nitrogens is 1. The number of hydrogen-bond donors (Lipinski definition) is 0. The van der Waals surface area contributed by atoms with E-state index in [9.17, 15) is 9.59 Å². The lowest BCUT2D eigenvalue weighted by molar-refractivity contribution is -0.688. The van der Waals surface area contributed by atoms with Gasteiger partial charge in [-0.1, -0.05) is 42.5 Å². The Morgan fingerprint density at radius 1 is 0.741 bits per heavy atom. The van der Waals surface area contributed by atoms with Crippen LogP contribution in [-0.2, 0) is 13.0 Å². The SMILES string of the molecule is O=C1c2ccccc2C(=O)N1CCCc1ccc[n+](Cc2ccccc2)c1. The predicted octanol–water partition coefficient (Wildman–Crippen LogP) is 3.25. The first kappa shape index (κ1) is 17.2. The van der Waals surface area contributed by atoms with Gasteiger partial charge in [0.1, 0.15) is 0 Å². The molecule has 134 valence electrons. The van der Waals surface area contributed by atoms with Crippen molar-refractivity contribution in [3.63, 3.8) is 0 Å². The highest BCUT2D eigenvalue weighted by Gasteiger charge is 2.34. The van der Waals surface area contributed by atoms with E-state index in [0.29, 0.717) is 17.7 Å². The molecule has 0 N–H and O–H groups in total. The minimum atomic E-state index is -0.178. The summed E-state index contributed by atoms with van der Waals surface area (Å²) in [5.74, 6) is -0.356. The topological polar surface area (TPSA) is 41.3 Å². The molecule has 0 saturated carbocycles. The number of rotatable bonds is 6. The first-order chi connectivity index (χ1) is 13.2. The van der Waals surface area contributed by atoms with Crippen molar-refractivity contribution in [2.45, 2.75) is 19.4 Å². The molecule has 0 radical (unpaired) electrons. The summed E-state index contributed by atoms with van der Waals surface area (Å²) in [4.78, 5) is 26.2. The zero-order valence-electron chi connectivity index (χ0n) is 15.0. The average molecular weight is 357 g/mol. The Labute approximate surface area is 158 Å². The molecule has 4 heteroatoms.